The summed E-state index contributed by atoms with van der Waals surface area (Å²) in [7, 11) is 1.68. The average molecular weight is 309 g/mol. The molecule has 1 atom stereocenters. The van der Waals surface area contributed by atoms with E-state index in [0.29, 0.717) is 18.2 Å². The smallest absolute Gasteiger partial charge is 0.0837 e. The fraction of sp³-hybridized carbons (Fsp3) is 0.467. The van der Waals surface area contributed by atoms with Crippen molar-refractivity contribution >= 4 is 11.6 Å². The van der Waals surface area contributed by atoms with E-state index in [2.05, 4.69) is 22.3 Å². The number of halogens is 1. The molecule has 2 aromatic rings. The maximum absolute atomic E-state index is 6.37. The van der Waals surface area contributed by atoms with Crippen molar-refractivity contribution in [3.8, 4) is 0 Å². The number of hydrogen-bond donors (Lipinski definition) is 1. The summed E-state index contributed by atoms with van der Waals surface area (Å²) in [4.78, 5) is 4.08. The number of hydrogen-bond acceptors (Lipinski definition) is 4. The summed E-state index contributed by atoms with van der Waals surface area (Å²) in [6.07, 6.45) is 6.32. The van der Waals surface area contributed by atoms with E-state index < -0.39 is 0 Å². The third-order valence-electron chi connectivity index (χ3n) is 3.25. The predicted molar refractivity (Wildman–Crippen MR) is 83.5 cm³/mol. The van der Waals surface area contributed by atoms with Gasteiger partial charge in [-0.05, 0) is 30.7 Å². The van der Waals surface area contributed by atoms with E-state index in [9.17, 15) is 0 Å². The highest BCUT2D eigenvalue weighted by Crippen LogP contribution is 2.28. The fourth-order valence-corrected chi connectivity index (χ4v) is 2.48. The topological polar surface area (TPSA) is 52.0 Å². The lowest BCUT2D eigenvalue weighted by Crippen LogP contribution is -2.26. The van der Waals surface area contributed by atoms with Crippen molar-refractivity contribution in [1.29, 1.82) is 0 Å². The van der Waals surface area contributed by atoms with Crippen molar-refractivity contribution in [2.75, 3.05) is 20.3 Å². The van der Waals surface area contributed by atoms with Gasteiger partial charge in [0.15, 0.2) is 0 Å². The monoisotopic (exact) mass is 308 g/mol. The maximum atomic E-state index is 6.37. The Bertz CT molecular complexity index is 544. The lowest BCUT2D eigenvalue weighted by Gasteiger charge is -2.21. The standard InChI is InChI=1S/C15H21ClN4O/c1-3-6-18-14(12-4-7-17-8-5-12)15-13(16)11-19-20(15)9-10-21-2/h4-5,7-8,11,14,18H,3,6,9-10H2,1-2H3. The van der Waals surface area contributed by atoms with Crippen molar-refractivity contribution in [3.05, 3.63) is 47.0 Å². The second kappa shape index (κ2) is 8.12. The Labute approximate surface area is 130 Å². The lowest BCUT2D eigenvalue weighted by molar-refractivity contribution is 0.182. The molecule has 0 aromatic carbocycles. The molecule has 0 aliphatic heterocycles. The Hall–Kier alpha value is -1.43. The molecule has 2 heterocycles. The molecule has 0 fully saturated rings. The predicted octanol–water partition coefficient (Wildman–Crippen LogP) is 2.67. The van der Waals surface area contributed by atoms with Crippen molar-refractivity contribution in [2.24, 2.45) is 0 Å². The van der Waals surface area contributed by atoms with E-state index in [1.54, 1.807) is 25.7 Å². The van der Waals surface area contributed by atoms with Gasteiger partial charge in [-0.2, -0.15) is 5.10 Å². The van der Waals surface area contributed by atoms with Crippen molar-refractivity contribution < 1.29 is 4.74 Å². The summed E-state index contributed by atoms with van der Waals surface area (Å²) in [5.74, 6) is 0. The molecule has 0 amide bonds. The van der Waals surface area contributed by atoms with Crippen LogP contribution < -0.4 is 5.32 Å². The Morgan fingerprint density at radius 3 is 2.81 bits per heavy atom. The molecule has 2 aromatic heterocycles. The van der Waals surface area contributed by atoms with Crippen LogP contribution in [0.5, 0.6) is 0 Å². The number of nitrogens with one attached hydrogen (secondary N) is 1. The Morgan fingerprint density at radius 1 is 1.38 bits per heavy atom. The largest absolute Gasteiger partial charge is 0.383 e. The first-order valence-corrected chi connectivity index (χ1v) is 7.49. The third-order valence-corrected chi connectivity index (χ3v) is 3.54. The van der Waals surface area contributed by atoms with Crippen LogP contribution in [0.3, 0.4) is 0 Å². The van der Waals surface area contributed by atoms with Gasteiger partial charge in [0.2, 0.25) is 0 Å². The van der Waals surface area contributed by atoms with E-state index in [1.165, 1.54) is 0 Å². The van der Waals surface area contributed by atoms with Crippen LogP contribution in [0.15, 0.2) is 30.7 Å². The second-order valence-corrected chi connectivity index (χ2v) is 5.17. The molecular formula is C15H21ClN4O. The Morgan fingerprint density at radius 2 is 2.14 bits per heavy atom. The minimum absolute atomic E-state index is 0.000180. The van der Waals surface area contributed by atoms with Gasteiger partial charge in [-0.25, -0.2) is 0 Å². The van der Waals surface area contributed by atoms with Crippen molar-refractivity contribution in [1.82, 2.24) is 20.1 Å². The minimum atomic E-state index is -0.000180. The van der Waals surface area contributed by atoms with Crippen LogP contribution in [0.4, 0.5) is 0 Å². The minimum Gasteiger partial charge on any atom is -0.383 e. The molecule has 0 bridgehead atoms. The van der Waals surface area contributed by atoms with Gasteiger partial charge in [0, 0.05) is 19.5 Å². The first kappa shape index (κ1) is 15.9. The highest BCUT2D eigenvalue weighted by Gasteiger charge is 2.21. The van der Waals surface area contributed by atoms with Crippen LogP contribution in [-0.4, -0.2) is 35.0 Å². The molecule has 0 saturated heterocycles. The van der Waals surface area contributed by atoms with Crippen LogP contribution in [0, 0.1) is 0 Å². The van der Waals surface area contributed by atoms with Gasteiger partial charge in [0.25, 0.3) is 0 Å². The van der Waals surface area contributed by atoms with Crippen molar-refractivity contribution in [2.45, 2.75) is 25.9 Å². The average Bonchev–Trinajstić information content (AvgIpc) is 2.88. The number of methoxy groups -OCH3 is 1. The molecule has 6 heteroatoms. The molecule has 1 unspecified atom stereocenters. The summed E-state index contributed by atoms with van der Waals surface area (Å²) < 4.78 is 7.04. The van der Waals surface area contributed by atoms with Gasteiger partial charge in [-0.3, -0.25) is 9.67 Å². The van der Waals surface area contributed by atoms with Crippen molar-refractivity contribution in [3.63, 3.8) is 0 Å². The molecule has 114 valence electrons. The van der Waals surface area contributed by atoms with E-state index in [0.717, 1.165) is 24.2 Å². The zero-order valence-electron chi connectivity index (χ0n) is 12.4. The zero-order chi connectivity index (χ0) is 15.1. The first-order chi connectivity index (χ1) is 10.3. The zero-order valence-corrected chi connectivity index (χ0v) is 13.2. The van der Waals surface area contributed by atoms with Gasteiger partial charge in [0.1, 0.15) is 0 Å². The molecule has 0 aliphatic carbocycles. The summed E-state index contributed by atoms with van der Waals surface area (Å²) in [6.45, 7) is 4.31. The van der Waals surface area contributed by atoms with E-state index in [1.807, 2.05) is 16.8 Å². The number of ether oxygens (including phenoxy) is 1. The van der Waals surface area contributed by atoms with Crippen LogP contribution in [0.2, 0.25) is 5.02 Å². The number of rotatable bonds is 8. The molecule has 21 heavy (non-hydrogen) atoms. The molecule has 1 N–H and O–H groups in total. The van der Waals surface area contributed by atoms with Gasteiger partial charge < -0.3 is 10.1 Å². The van der Waals surface area contributed by atoms with Crippen LogP contribution in [0.1, 0.15) is 30.6 Å². The first-order valence-electron chi connectivity index (χ1n) is 7.11. The second-order valence-electron chi connectivity index (χ2n) is 4.76. The summed E-state index contributed by atoms with van der Waals surface area (Å²) in [6, 6.07) is 3.99. The van der Waals surface area contributed by atoms with Gasteiger partial charge >= 0.3 is 0 Å². The van der Waals surface area contributed by atoms with Crippen LogP contribution in [-0.2, 0) is 11.3 Å². The van der Waals surface area contributed by atoms with Crippen LogP contribution >= 0.6 is 11.6 Å². The third kappa shape index (κ3) is 4.03. The molecule has 0 radical (unpaired) electrons. The van der Waals surface area contributed by atoms with E-state index in [-0.39, 0.29) is 6.04 Å². The normalized spacial score (nSPS) is 12.5. The van der Waals surface area contributed by atoms with Gasteiger partial charge in [-0.1, -0.05) is 18.5 Å². The van der Waals surface area contributed by atoms with Crippen LogP contribution in [0.25, 0.3) is 0 Å². The molecule has 0 saturated carbocycles. The van der Waals surface area contributed by atoms with E-state index >= 15 is 0 Å². The van der Waals surface area contributed by atoms with Gasteiger partial charge in [-0.15, -0.1) is 0 Å². The number of aromatic nitrogens is 3. The lowest BCUT2D eigenvalue weighted by atomic mass is 10.0. The summed E-state index contributed by atoms with van der Waals surface area (Å²) in [5, 5.41) is 8.55. The molecule has 0 aliphatic rings. The summed E-state index contributed by atoms with van der Waals surface area (Å²) in [5.41, 5.74) is 2.09. The fourth-order valence-electron chi connectivity index (χ4n) is 2.23. The quantitative estimate of drug-likeness (QED) is 0.814. The molecule has 5 nitrogen and oxygen atoms in total. The Balaban J connectivity index is 2.34. The molecule has 0 spiro atoms. The van der Waals surface area contributed by atoms with E-state index in [4.69, 9.17) is 16.3 Å². The Kier molecular flexibility index (Phi) is 6.17. The highest BCUT2D eigenvalue weighted by atomic mass is 35.5. The SMILES string of the molecule is CCCNC(c1ccncc1)c1c(Cl)cnn1CCOC. The summed E-state index contributed by atoms with van der Waals surface area (Å²) >= 11 is 6.37. The maximum Gasteiger partial charge on any atom is 0.0837 e. The number of pyridine rings is 1. The van der Waals surface area contributed by atoms with Gasteiger partial charge in [0.05, 0.1) is 36.1 Å². The molecular weight excluding hydrogens is 288 g/mol. The highest BCUT2D eigenvalue weighted by molar-refractivity contribution is 6.31. The molecule has 2 rings (SSSR count). The number of nitrogens with zero attached hydrogens (tertiary/aromatic N) is 3.